The van der Waals surface area contributed by atoms with E-state index in [2.05, 4.69) is 11.4 Å². The largest absolute Gasteiger partial charge is 0.491 e. The molecule has 0 saturated heterocycles. The highest BCUT2D eigenvalue weighted by Gasteiger charge is 2.35. The molecule has 2 amide bonds. The lowest BCUT2D eigenvalue weighted by atomic mass is 10.0. The third-order valence-corrected chi connectivity index (χ3v) is 7.69. The fraction of sp³-hybridized carbons (Fsp3) is 0.333. The van der Waals surface area contributed by atoms with Crippen LogP contribution in [0.5, 0.6) is 5.75 Å². The van der Waals surface area contributed by atoms with Crippen LogP contribution in [0, 0.1) is 5.92 Å². The normalized spacial score (nSPS) is 17.2. The predicted molar refractivity (Wildman–Crippen MR) is 134 cm³/mol. The smallest absolute Gasteiger partial charge is 0.254 e. The highest BCUT2D eigenvalue weighted by atomic mass is 35.5. The van der Waals surface area contributed by atoms with Crippen molar-refractivity contribution in [2.45, 2.75) is 25.3 Å². The molecule has 3 aromatic rings. The molecule has 0 spiro atoms. The molecular formula is C27H27ClN2O3S. The van der Waals surface area contributed by atoms with Crippen molar-refractivity contribution in [3.05, 3.63) is 87.1 Å². The van der Waals surface area contributed by atoms with Gasteiger partial charge in [0.25, 0.3) is 5.91 Å². The molecule has 1 atom stereocenters. The zero-order valence-corrected chi connectivity index (χ0v) is 20.4. The Morgan fingerprint density at radius 1 is 1.06 bits per heavy atom. The molecule has 5 rings (SSSR count). The second kappa shape index (κ2) is 10.2. The van der Waals surface area contributed by atoms with E-state index in [-0.39, 0.29) is 24.4 Å². The summed E-state index contributed by atoms with van der Waals surface area (Å²) in [6.07, 6.45) is 3.06. The zero-order valence-electron chi connectivity index (χ0n) is 18.9. The molecule has 2 heterocycles. The summed E-state index contributed by atoms with van der Waals surface area (Å²) in [6, 6.07) is 18.4. The zero-order chi connectivity index (χ0) is 23.5. The first-order valence-electron chi connectivity index (χ1n) is 11.7. The molecule has 176 valence electrons. The van der Waals surface area contributed by atoms with Gasteiger partial charge >= 0.3 is 0 Å². The molecule has 0 bridgehead atoms. The van der Waals surface area contributed by atoms with Crippen LogP contribution in [0.2, 0.25) is 5.02 Å². The van der Waals surface area contributed by atoms with Gasteiger partial charge in [-0.1, -0.05) is 29.8 Å². The molecule has 2 aliphatic rings. The standard InChI is InChI=1S/C27H27ClN2O3S/c28-21-8-10-22(11-9-21)33-18-24-23-13-15-34-25(23)12-14-30(24)26(31)17-29(16-19-6-7-19)27(32)20-4-2-1-3-5-20/h1-5,8-11,13,15,19,24H,6-7,12,14,16-18H2/t24-/m1/s1. The van der Waals surface area contributed by atoms with E-state index in [9.17, 15) is 9.59 Å². The van der Waals surface area contributed by atoms with Crippen LogP contribution in [-0.4, -0.2) is 47.9 Å². The topological polar surface area (TPSA) is 49.9 Å². The Bertz CT molecular complexity index is 1140. The van der Waals surface area contributed by atoms with Gasteiger partial charge in [0, 0.05) is 28.6 Å². The molecule has 1 aromatic heterocycles. The number of hydrogen-bond acceptors (Lipinski definition) is 4. The van der Waals surface area contributed by atoms with Crippen LogP contribution < -0.4 is 4.74 Å². The molecule has 1 fully saturated rings. The van der Waals surface area contributed by atoms with Gasteiger partial charge < -0.3 is 14.5 Å². The molecule has 7 heteroatoms. The third kappa shape index (κ3) is 5.29. The van der Waals surface area contributed by atoms with Gasteiger partial charge in [0.1, 0.15) is 18.9 Å². The average Bonchev–Trinajstić information content (AvgIpc) is 3.55. The Morgan fingerprint density at radius 2 is 1.82 bits per heavy atom. The summed E-state index contributed by atoms with van der Waals surface area (Å²) in [6.45, 7) is 1.69. The molecule has 1 aliphatic carbocycles. The van der Waals surface area contributed by atoms with Crippen molar-refractivity contribution < 1.29 is 14.3 Å². The molecule has 34 heavy (non-hydrogen) atoms. The minimum absolute atomic E-state index is 0.0357. The summed E-state index contributed by atoms with van der Waals surface area (Å²) in [7, 11) is 0. The SMILES string of the molecule is O=C(c1ccccc1)N(CC(=O)N1CCc2sccc2[C@H]1COc1ccc(Cl)cc1)CC1CC1. The first kappa shape index (κ1) is 22.9. The van der Waals surface area contributed by atoms with Crippen LogP contribution in [0.15, 0.2) is 66.0 Å². The van der Waals surface area contributed by atoms with Crippen LogP contribution >= 0.6 is 22.9 Å². The first-order valence-corrected chi connectivity index (χ1v) is 12.9. The number of hydrogen-bond donors (Lipinski definition) is 0. The number of fused-ring (bicyclic) bond motifs is 1. The van der Waals surface area contributed by atoms with E-state index in [0.29, 0.717) is 41.9 Å². The maximum absolute atomic E-state index is 13.6. The lowest BCUT2D eigenvalue weighted by Crippen LogP contribution is -2.48. The van der Waals surface area contributed by atoms with Crippen LogP contribution in [0.4, 0.5) is 0 Å². The lowest BCUT2D eigenvalue weighted by Gasteiger charge is -2.37. The third-order valence-electron chi connectivity index (χ3n) is 6.45. The maximum atomic E-state index is 13.6. The van der Waals surface area contributed by atoms with E-state index in [1.54, 1.807) is 28.4 Å². The van der Waals surface area contributed by atoms with Crippen LogP contribution in [0.1, 0.15) is 39.7 Å². The molecular weight excluding hydrogens is 468 g/mol. The van der Waals surface area contributed by atoms with Crippen molar-refractivity contribution in [3.8, 4) is 5.75 Å². The number of carbonyl (C=O) groups excluding carboxylic acids is 2. The van der Waals surface area contributed by atoms with Gasteiger partial charge in [-0.15, -0.1) is 11.3 Å². The fourth-order valence-electron chi connectivity index (χ4n) is 4.43. The highest BCUT2D eigenvalue weighted by molar-refractivity contribution is 7.10. The van der Waals surface area contributed by atoms with E-state index in [1.165, 1.54) is 4.88 Å². The second-order valence-electron chi connectivity index (χ2n) is 8.91. The lowest BCUT2D eigenvalue weighted by molar-refractivity contribution is -0.135. The molecule has 2 aromatic carbocycles. The molecule has 0 radical (unpaired) electrons. The maximum Gasteiger partial charge on any atom is 0.254 e. The molecule has 1 aliphatic heterocycles. The van der Waals surface area contributed by atoms with E-state index < -0.39 is 0 Å². The Hall–Kier alpha value is -2.83. The first-order chi connectivity index (χ1) is 16.6. The number of carbonyl (C=O) groups is 2. The fourth-order valence-corrected chi connectivity index (χ4v) is 5.48. The number of rotatable bonds is 8. The predicted octanol–water partition coefficient (Wildman–Crippen LogP) is 5.46. The van der Waals surface area contributed by atoms with E-state index in [0.717, 1.165) is 24.8 Å². The molecule has 1 saturated carbocycles. The molecule has 5 nitrogen and oxygen atoms in total. The summed E-state index contributed by atoms with van der Waals surface area (Å²) in [4.78, 5) is 31.8. The van der Waals surface area contributed by atoms with Gasteiger partial charge in [0.05, 0.1) is 6.04 Å². The minimum atomic E-state index is -0.187. The summed E-state index contributed by atoms with van der Waals surface area (Å²) in [5.41, 5.74) is 1.76. The van der Waals surface area contributed by atoms with Gasteiger partial charge in [0.15, 0.2) is 0 Å². The Balaban J connectivity index is 1.33. The summed E-state index contributed by atoms with van der Waals surface area (Å²) in [5.74, 6) is 1.10. The molecule has 0 unspecified atom stereocenters. The Labute approximate surface area is 208 Å². The van der Waals surface area contributed by atoms with Crippen LogP contribution in [0.3, 0.4) is 0 Å². The number of ether oxygens (including phenoxy) is 1. The number of nitrogens with zero attached hydrogens (tertiary/aromatic N) is 2. The number of benzene rings is 2. The number of amides is 2. The summed E-state index contributed by atoms with van der Waals surface area (Å²) < 4.78 is 6.08. The van der Waals surface area contributed by atoms with Gasteiger partial charge in [-0.3, -0.25) is 9.59 Å². The van der Waals surface area contributed by atoms with Gasteiger partial charge in [0.2, 0.25) is 5.91 Å². The molecule has 0 N–H and O–H groups in total. The monoisotopic (exact) mass is 494 g/mol. The average molecular weight is 495 g/mol. The van der Waals surface area contributed by atoms with Crippen molar-refractivity contribution in [1.29, 1.82) is 0 Å². The summed E-state index contributed by atoms with van der Waals surface area (Å²) >= 11 is 7.72. The quantitative estimate of drug-likeness (QED) is 0.418. The number of thiophene rings is 1. The summed E-state index contributed by atoms with van der Waals surface area (Å²) in [5, 5.41) is 2.73. The van der Waals surface area contributed by atoms with Gasteiger partial charge in [-0.05, 0) is 78.6 Å². The van der Waals surface area contributed by atoms with Crippen molar-refractivity contribution in [2.24, 2.45) is 5.92 Å². The van der Waals surface area contributed by atoms with E-state index in [4.69, 9.17) is 16.3 Å². The Morgan fingerprint density at radius 3 is 2.56 bits per heavy atom. The van der Waals surface area contributed by atoms with E-state index >= 15 is 0 Å². The Kier molecular flexibility index (Phi) is 6.88. The highest BCUT2D eigenvalue weighted by Crippen LogP contribution is 2.35. The second-order valence-corrected chi connectivity index (χ2v) is 10.3. The van der Waals surface area contributed by atoms with Crippen molar-refractivity contribution >= 4 is 34.8 Å². The van der Waals surface area contributed by atoms with Crippen LogP contribution in [-0.2, 0) is 11.2 Å². The number of halogens is 1. The van der Waals surface area contributed by atoms with Gasteiger partial charge in [-0.2, -0.15) is 0 Å². The van der Waals surface area contributed by atoms with Crippen molar-refractivity contribution in [2.75, 3.05) is 26.2 Å². The van der Waals surface area contributed by atoms with E-state index in [1.807, 2.05) is 47.4 Å². The van der Waals surface area contributed by atoms with Gasteiger partial charge in [-0.25, -0.2) is 0 Å². The van der Waals surface area contributed by atoms with Crippen molar-refractivity contribution in [1.82, 2.24) is 9.80 Å². The minimum Gasteiger partial charge on any atom is -0.491 e. The van der Waals surface area contributed by atoms with Crippen molar-refractivity contribution in [3.63, 3.8) is 0 Å². The van der Waals surface area contributed by atoms with Crippen LogP contribution in [0.25, 0.3) is 0 Å².